The molecule has 2 atom stereocenters. The monoisotopic (exact) mass is 334 g/mol. The second-order valence-corrected chi connectivity index (χ2v) is 6.34. The van der Waals surface area contributed by atoms with E-state index in [-0.39, 0.29) is 12.1 Å². The number of hydrogen-bond acceptors (Lipinski definition) is 4. The lowest BCUT2D eigenvalue weighted by Gasteiger charge is -2.32. The van der Waals surface area contributed by atoms with E-state index < -0.39 is 0 Å². The first kappa shape index (κ1) is 15.7. The van der Waals surface area contributed by atoms with E-state index in [0.29, 0.717) is 0 Å². The van der Waals surface area contributed by atoms with Crippen molar-refractivity contribution in [2.75, 3.05) is 12.4 Å². The maximum Gasteiger partial charge on any atom is 0.222 e. The highest BCUT2D eigenvalue weighted by atomic mass is 16.5. The van der Waals surface area contributed by atoms with E-state index in [2.05, 4.69) is 58.7 Å². The zero-order valence-electron chi connectivity index (χ0n) is 14.5. The molecule has 0 fully saturated rings. The Morgan fingerprint density at radius 2 is 1.80 bits per heavy atom. The van der Waals surface area contributed by atoms with Gasteiger partial charge in [-0.15, -0.1) is 0 Å². The van der Waals surface area contributed by atoms with E-state index in [1.54, 1.807) is 13.4 Å². The number of aryl methyl sites for hydroxylation is 1. The first-order valence-electron chi connectivity index (χ1n) is 8.67. The summed E-state index contributed by atoms with van der Waals surface area (Å²) in [5.74, 6) is 1.68. The van der Waals surface area contributed by atoms with E-state index in [4.69, 9.17) is 4.74 Å². The molecule has 0 radical (unpaired) electrons. The second-order valence-electron chi connectivity index (χ2n) is 6.34. The molecule has 1 N–H and O–H groups in total. The number of ether oxygens (including phenoxy) is 1. The lowest BCUT2D eigenvalue weighted by molar-refractivity contribution is 0.411. The Morgan fingerprint density at radius 1 is 1.08 bits per heavy atom. The van der Waals surface area contributed by atoms with Gasteiger partial charge in [-0.1, -0.05) is 43.3 Å². The van der Waals surface area contributed by atoms with Crippen LogP contribution in [0.25, 0.3) is 0 Å². The molecule has 3 aromatic rings. The Morgan fingerprint density at radius 3 is 2.48 bits per heavy atom. The third kappa shape index (κ3) is 2.97. The van der Waals surface area contributed by atoms with Gasteiger partial charge < -0.3 is 10.1 Å². The van der Waals surface area contributed by atoms with Crippen molar-refractivity contribution in [2.24, 2.45) is 0 Å². The van der Waals surface area contributed by atoms with Crippen molar-refractivity contribution in [1.29, 1.82) is 0 Å². The van der Waals surface area contributed by atoms with Crippen LogP contribution in [0.4, 0.5) is 5.95 Å². The summed E-state index contributed by atoms with van der Waals surface area (Å²) in [7, 11) is 1.69. The van der Waals surface area contributed by atoms with Gasteiger partial charge in [-0.25, -0.2) is 4.68 Å². The highest BCUT2D eigenvalue weighted by Gasteiger charge is 2.29. The predicted octanol–water partition coefficient (Wildman–Crippen LogP) is 4.00. The smallest absolute Gasteiger partial charge is 0.222 e. The molecule has 5 heteroatoms. The minimum Gasteiger partial charge on any atom is -0.497 e. The fraction of sp³-hybridized carbons (Fsp3) is 0.300. The standard InChI is InChI=1S/C20H22N4O/c1-3-14-4-6-15(7-5-14)18-12-19(24-20(23-18)21-13-22-24)16-8-10-17(25-2)11-9-16/h4-11,13,18-19H,3,12H2,1-2H3,(H,21,22,23)/t18-,19-/m1/s1. The Hall–Kier alpha value is -2.82. The first-order valence-corrected chi connectivity index (χ1v) is 8.67. The van der Waals surface area contributed by atoms with E-state index in [1.807, 2.05) is 16.8 Å². The summed E-state index contributed by atoms with van der Waals surface area (Å²) in [6.45, 7) is 2.18. The van der Waals surface area contributed by atoms with Gasteiger partial charge in [0.1, 0.15) is 12.1 Å². The largest absolute Gasteiger partial charge is 0.497 e. The number of benzene rings is 2. The topological polar surface area (TPSA) is 52.0 Å². The summed E-state index contributed by atoms with van der Waals surface area (Å²) in [5.41, 5.74) is 3.85. The molecule has 0 bridgehead atoms. The molecule has 4 rings (SSSR count). The summed E-state index contributed by atoms with van der Waals surface area (Å²) < 4.78 is 7.25. The molecule has 1 aromatic heterocycles. The van der Waals surface area contributed by atoms with Crippen molar-refractivity contribution in [3.8, 4) is 5.75 Å². The highest BCUT2D eigenvalue weighted by Crippen LogP contribution is 2.37. The molecule has 2 heterocycles. The van der Waals surface area contributed by atoms with Crippen molar-refractivity contribution in [2.45, 2.75) is 31.8 Å². The van der Waals surface area contributed by atoms with Gasteiger partial charge in [0.05, 0.1) is 19.2 Å². The maximum atomic E-state index is 5.28. The number of methoxy groups -OCH3 is 1. The van der Waals surface area contributed by atoms with Crippen LogP contribution >= 0.6 is 0 Å². The summed E-state index contributed by atoms with van der Waals surface area (Å²) in [6.07, 6.45) is 3.59. The molecule has 128 valence electrons. The predicted molar refractivity (Wildman–Crippen MR) is 98.0 cm³/mol. The van der Waals surface area contributed by atoms with Crippen LogP contribution in [0, 0.1) is 0 Å². The molecule has 1 aliphatic rings. The van der Waals surface area contributed by atoms with E-state index >= 15 is 0 Å². The number of nitrogens with one attached hydrogen (secondary N) is 1. The molecule has 25 heavy (non-hydrogen) atoms. The van der Waals surface area contributed by atoms with Gasteiger partial charge in [0, 0.05) is 0 Å². The number of nitrogens with zero attached hydrogens (tertiary/aromatic N) is 3. The molecule has 1 aliphatic heterocycles. The minimum absolute atomic E-state index is 0.153. The molecule has 2 aromatic carbocycles. The average molecular weight is 334 g/mol. The number of rotatable bonds is 4. The lowest BCUT2D eigenvalue weighted by atomic mass is 9.93. The van der Waals surface area contributed by atoms with Gasteiger partial charge in [-0.2, -0.15) is 10.1 Å². The van der Waals surface area contributed by atoms with Crippen molar-refractivity contribution < 1.29 is 4.74 Å². The number of hydrogen-bond donors (Lipinski definition) is 1. The van der Waals surface area contributed by atoms with Crippen LogP contribution in [0.5, 0.6) is 5.75 Å². The van der Waals surface area contributed by atoms with Crippen LogP contribution in [-0.4, -0.2) is 21.9 Å². The average Bonchev–Trinajstić information content (AvgIpc) is 3.16. The molecule has 0 spiro atoms. The molecular formula is C20H22N4O. The third-order valence-corrected chi connectivity index (χ3v) is 4.92. The fourth-order valence-electron chi connectivity index (χ4n) is 3.43. The summed E-state index contributed by atoms with van der Waals surface area (Å²) in [5, 5.41) is 7.94. The molecule has 0 aliphatic carbocycles. The first-order chi connectivity index (χ1) is 12.3. The zero-order chi connectivity index (χ0) is 17.2. The Labute approximate surface area is 147 Å². The molecular weight excluding hydrogens is 312 g/mol. The fourth-order valence-corrected chi connectivity index (χ4v) is 3.43. The van der Waals surface area contributed by atoms with Crippen LogP contribution in [0.2, 0.25) is 0 Å². The lowest BCUT2D eigenvalue weighted by Crippen LogP contribution is -2.28. The normalized spacial score (nSPS) is 19.1. The van der Waals surface area contributed by atoms with Crippen LogP contribution in [-0.2, 0) is 6.42 Å². The van der Waals surface area contributed by atoms with Crippen LogP contribution in [0.15, 0.2) is 54.9 Å². The van der Waals surface area contributed by atoms with Crippen LogP contribution in [0.3, 0.4) is 0 Å². The van der Waals surface area contributed by atoms with Gasteiger partial charge >= 0.3 is 0 Å². The van der Waals surface area contributed by atoms with Crippen molar-refractivity contribution >= 4 is 5.95 Å². The number of anilines is 1. The van der Waals surface area contributed by atoms with Crippen molar-refractivity contribution in [3.63, 3.8) is 0 Å². The van der Waals surface area contributed by atoms with Crippen LogP contribution < -0.4 is 10.1 Å². The Balaban J connectivity index is 1.66. The van der Waals surface area contributed by atoms with Crippen molar-refractivity contribution in [3.05, 3.63) is 71.5 Å². The van der Waals surface area contributed by atoms with E-state index in [1.165, 1.54) is 16.7 Å². The SMILES string of the molecule is CCc1ccc([C@H]2C[C@H](c3ccc(OC)cc3)n3ncnc3N2)cc1. The maximum absolute atomic E-state index is 5.28. The Kier molecular flexibility index (Phi) is 4.14. The third-order valence-electron chi connectivity index (χ3n) is 4.92. The van der Waals surface area contributed by atoms with Gasteiger partial charge in [-0.3, -0.25) is 0 Å². The minimum atomic E-state index is 0.153. The van der Waals surface area contributed by atoms with Gasteiger partial charge in [0.15, 0.2) is 0 Å². The molecule has 0 saturated carbocycles. The number of fused-ring (bicyclic) bond motifs is 1. The van der Waals surface area contributed by atoms with Gasteiger partial charge in [-0.05, 0) is 41.7 Å². The molecule has 0 unspecified atom stereocenters. The Bertz CT molecular complexity index is 839. The van der Waals surface area contributed by atoms with Crippen LogP contribution in [0.1, 0.15) is 42.1 Å². The number of aromatic nitrogens is 3. The zero-order valence-corrected chi connectivity index (χ0v) is 14.5. The summed E-state index contributed by atoms with van der Waals surface area (Å²) in [4.78, 5) is 4.39. The molecule has 0 saturated heterocycles. The quantitative estimate of drug-likeness (QED) is 0.784. The van der Waals surface area contributed by atoms with Gasteiger partial charge in [0.2, 0.25) is 5.95 Å². The van der Waals surface area contributed by atoms with Gasteiger partial charge in [0.25, 0.3) is 0 Å². The molecule has 5 nitrogen and oxygen atoms in total. The summed E-state index contributed by atoms with van der Waals surface area (Å²) in [6, 6.07) is 17.4. The molecule has 0 amide bonds. The second kappa shape index (κ2) is 6.59. The van der Waals surface area contributed by atoms with E-state index in [9.17, 15) is 0 Å². The summed E-state index contributed by atoms with van der Waals surface area (Å²) >= 11 is 0. The highest BCUT2D eigenvalue weighted by molar-refractivity contribution is 5.39. The van der Waals surface area contributed by atoms with E-state index in [0.717, 1.165) is 24.5 Å². The van der Waals surface area contributed by atoms with Crippen molar-refractivity contribution in [1.82, 2.24) is 14.8 Å².